The molecule has 0 bridgehead atoms. The summed E-state index contributed by atoms with van der Waals surface area (Å²) in [5, 5.41) is 6.94. The number of aromatic nitrogens is 3. The van der Waals surface area contributed by atoms with Crippen LogP contribution in [0.1, 0.15) is 45.4 Å². The Labute approximate surface area is 157 Å². The standard InChI is InChI=1S/C16H26N4O4S2/c1-2-8-19-15(22)17-18-16(19)25-10-14(21)20(12-5-3-4-6-12)13-7-9-26(23,24)11-13/h12-13H,2-11H2,1H3,(H,17,22). The monoisotopic (exact) mass is 402 g/mol. The van der Waals surface area contributed by atoms with Crippen molar-refractivity contribution in [2.45, 2.75) is 69.2 Å². The Bertz CT molecular complexity index is 795. The second kappa shape index (κ2) is 8.16. The molecule has 1 unspecified atom stereocenters. The molecule has 1 N–H and O–H groups in total. The van der Waals surface area contributed by atoms with Crippen molar-refractivity contribution in [2.24, 2.45) is 0 Å². The molecule has 0 radical (unpaired) electrons. The lowest BCUT2D eigenvalue weighted by atomic mass is 10.1. The number of aromatic amines is 1. The molecule has 1 amide bonds. The van der Waals surface area contributed by atoms with E-state index in [4.69, 9.17) is 0 Å². The number of nitrogens with zero attached hydrogens (tertiary/aromatic N) is 3. The zero-order valence-electron chi connectivity index (χ0n) is 15.0. The van der Waals surface area contributed by atoms with Crippen molar-refractivity contribution in [3.8, 4) is 0 Å². The molecule has 3 rings (SSSR count). The van der Waals surface area contributed by atoms with Gasteiger partial charge in [-0.15, -0.1) is 5.10 Å². The molecular formula is C16H26N4O4S2. The first kappa shape index (κ1) is 19.5. The van der Waals surface area contributed by atoms with Crippen molar-refractivity contribution in [3.63, 3.8) is 0 Å². The van der Waals surface area contributed by atoms with E-state index in [-0.39, 0.29) is 40.9 Å². The van der Waals surface area contributed by atoms with Gasteiger partial charge in [0.25, 0.3) is 0 Å². The van der Waals surface area contributed by atoms with E-state index in [1.165, 1.54) is 16.3 Å². The lowest BCUT2D eigenvalue weighted by Crippen LogP contribution is -2.47. The van der Waals surface area contributed by atoms with Crippen LogP contribution in [-0.4, -0.2) is 63.3 Å². The number of amides is 1. The highest BCUT2D eigenvalue weighted by molar-refractivity contribution is 7.99. The van der Waals surface area contributed by atoms with E-state index in [2.05, 4.69) is 10.2 Å². The maximum atomic E-state index is 13.0. The molecule has 1 aromatic heterocycles. The number of rotatable bonds is 7. The van der Waals surface area contributed by atoms with Crippen molar-refractivity contribution in [2.75, 3.05) is 17.3 Å². The Kier molecular flexibility index (Phi) is 6.11. The molecule has 1 saturated heterocycles. The van der Waals surface area contributed by atoms with Gasteiger partial charge >= 0.3 is 5.69 Å². The maximum Gasteiger partial charge on any atom is 0.343 e. The molecule has 0 spiro atoms. The van der Waals surface area contributed by atoms with Crippen molar-refractivity contribution < 1.29 is 13.2 Å². The minimum atomic E-state index is -3.04. The van der Waals surface area contributed by atoms with Gasteiger partial charge in [-0.2, -0.15) is 0 Å². The molecule has 2 fully saturated rings. The van der Waals surface area contributed by atoms with Gasteiger partial charge in [-0.05, 0) is 25.7 Å². The summed E-state index contributed by atoms with van der Waals surface area (Å²) in [7, 11) is -3.04. The lowest BCUT2D eigenvalue weighted by Gasteiger charge is -2.34. The van der Waals surface area contributed by atoms with Crippen LogP contribution in [0.3, 0.4) is 0 Å². The summed E-state index contributed by atoms with van der Waals surface area (Å²) in [6.07, 6.45) is 5.37. The third-order valence-electron chi connectivity index (χ3n) is 5.10. The largest absolute Gasteiger partial charge is 0.343 e. The van der Waals surface area contributed by atoms with Gasteiger partial charge in [0.2, 0.25) is 5.91 Å². The minimum absolute atomic E-state index is 0.0532. The predicted octanol–water partition coefficient (Wildman–Crippen LogP) is 1.03. The number of hydrogen-bond donors (Lipinski definition) is 1. The van der Waals surface area contributed by atoms with Crippen LogP contribution in [0.5, 0.6) is 0 Å². The zero-order chi connectivity index (χ0) is 18.7. The molecule has 10 heteroatoms. The molecular weight excluding hydrogens is 376 g/mol. The molecule has 2 aliphatic rings. The number of thioether (sulfide) groups is 1. The predicted molar refractivity (Wildman–Crippen MR) is 100 cm³/mol. The summed E-state index contributed by atoms with van der Waals surface area (Å²) in [5.74, 6) is 0.350. The second-order valence-corrected chi connectivity index (χ2v) is 10.2. The van der Waals surface area contributed by atoms with E-state index >= 15 is 0 Å². The first-order chi connectivity index (χ1) is 12.4. The molecule has 1 saturated carbocycles. The van der Waals surface area contributed by atoms with Crippen molar-refractivity contribution in [1.82, 2.24) is 19.7 Å². The number of H-pyrrole nitrogens is 1. The van der Waals surface area contributed by atoms with Crippen molar-refractivity contribution in [1.29, 1.82) is 0 Å². The Morgan fingerprint density at radius 3 is 2.65 bits per heavy atom. The molecule has 2 heterocycles. The number of hydrogen-bond acceptors (Lipinski definition) is 6. The van der Waals surface area contributed by atoms with Crippen LogP contribution < -0.4 is 5.69 Å². The van der Waals surface area contributed by atoms with Crippen molar-refractivity contribution in [3.05, 3.63) is 10.5 Å². The van der Waals surface area contributed by atoms with Crippen LogP contribution in [-0.2, 0) is 21.2 Å². The lowest BCUT2D eigenvalue weighted by molar-refractivity contribution is -0.132. The van der Waals surface area contributed by atoms with E-state index in [0.717, 1.165) is 32.1 Å². The summed E-state index contributed by atoms with van der Waals surface area (Å²) in [4.78, 5) is 26.6. The van der Waals surface area contributed by atoms with Crippen LogP contribution in [0.2, 0.25) is 0 Å². The van der Waals surface area contributed by atoms with E-state index < -0.39 is 9.84 Å². The molecule has 26 heavy (non-hydrogen) atoms. The molecule has 146 valence electrons. The molecule has 1 aromatic rings. The number of carbonyl (C=O) groups is 1. The fraction of sp³-hybridized carbons (Fsp3) is 0.812. The first-order valence-electron chi connectivity index (χ1n) is 9.21. The van der Waals surface area contributed by atoms with Crippen LogP contribution in [0, 0.1) is 0 Å². The van der Waals surface area contributed by atoms with Gasteiger partial charge in [0.15, 0.2) is 15.0 Å². The summed E-state index contributed by atoms with van der Waals surface area (Å²) >= 11 is 1.24. The molecule has 8 nitrogen and oxygen atoms in total. The average Bonchev–Trinajstić information content (AvgIpc) is 3.30. The average molecular weight is 403 g/mol. The van der Waals surface area contributed by atoms with Crippen molar-refractivity contribution >= 4 is 27.5 Å². The van der Waals surface area contributed by atoms with E-state index in [0.29, 0.717) is 18.1 Å². The summed E-state index contributed by atoms with van der Waals surface area (Å²) in [6, 6.07) is -0.0772. The topological polar surface area (TPSA) is 105 Å². The van der Waals surface area contributed by atoms with Crippen LogP contribution in [0.4, 0.5) is 0 Å². The summed E-state index contributed by atoms with van der Waals surface area (Å²) in [5.41, 5.74) is -0.267. The minimum Gasteiger partial charge on any atom is -0.335 e. The highest BCUT2D eigenvalue weighted by Gasteiger charge is 2.38. The van der Waals surface area contributed by atoms with Gasteiger partial charge in [-0.25, -0.2) is 18.3 Å². The number of nitrogens with one attached hydrogen (secondary N) is 1. The Morgan fingerprint density at radius 1 is 1.31 bits per heavy atom. The van der Waals surface area contributed by atoms with Gasteiger partial charge in [-0.3, -0.25) is 9.36 Å². The third-order valence-corrected chi connectivity index (χ3v) is 7.81. The zero-order valence-corrected chi connectivity index (χ0v) is 16.6. The second-order valence-electron chi connectivity index (χ2n) is 7.05. The smallest absolute Gasteiger partial charge is 0.335 e. The van der Waals surface area contributed by atoms with Gasteiger partial charge in [-0.1, -0.05) is 31.5 Å². The molecule has 0 aromatic carbocycles. The van der Waals surface area contributed by atoms with Gasteiger partial charge < -0.3 is 4.90 Å². The van der Waals surface area contributed by atoms with E-state index in [9.17, 15) is 18.0 Å². The quantitative estimate of drug-likeness (QED) is 0.683. The number of carbonyl (C=O) groups excluding carboxylic acids is 1. The van der Waals surface area contributed by atoms with E-state index in [1.54, 1.807) is 0 Å². The first-order valence-corrected chi connectivity index (χ1v) is 12.0. The molecule has 1 aliphatic heterocycles. The third kappa shape index (κ3) is 4.33. The maximum absolute atomic E-state index is 13.0. The fourth-order valence-corrected chi connectivity index (χ4v) is 6.47. The summed E-state index contributed by atoms with van der Waals surface area (Å²) < 4.78 is 25.3. The van der Waals surface area contributed by atoms with Crippen LogP contribution in [0.25, 0.3) is 0 Å². The molecule has 1 atom stereocenters. The highest BCUT2D eigenvalue weighted by atomic mass is 32.2. The SMILES string of the molecule is CCCn1c(SCC(=O)N(C2CCCC2)C2CCS(=O)(=O)C2)n[nH]c1=O. The Morgan fingerprint density at radius 2 is 2.04 bits per heavy atom. The van der Waals surface area contributed by atoms with Crippen LogP contribution >= 0.6 is 11.8 Å². The van der Waals surface area contributed by atoms with Gasteiger partial charge in [0.05, 0.1) is 17.3 Å². The molecule has 1 aliphatic carbocycles. The van der Waals surface area contributed by atoms with E-state index in [1.807, 2.05) is 11.8 Å². The Hall–Kier alpha value is -1.29. The Balaban J connectivity index is 1.71. The fourth-order valence-electron chi connectivity index (χ4n) is 3.92. The number of sulfone groups is 1. The van der Waals surface area contributed by atoms with Gasteiger partial charge in [0, 0.05) is 18.6 Å². The van der Waals surface area contributed by atoms with Crippen LogP contribution in [0.15, 0.2) is 9.95 Å². The highest BCUT2D eigenvalue weighted by Crippen LogP contribution is 2.30. The van der Waals surface area contributed by atoms with Gasteiger partial charge in [0.1, 0.15) is 0 Å². The summed E-state index contributed by atoms with van der Waals surface area (Å²) in [6.45, 7) is 2.53. The normalized spacial score (nSPS) is 22.7.